The summed E-state index contributed by atoms with van der Waals surface area (Å²) in [4.78, 5) is 43.1. The van der Waals surface area contributed by atoms with Gasteiger partial charge >= 0.3 is 35.7 Å². The van der Waals surface area contributed by atoms with Crippen LogP contribution in [0.3, 0.4) is 0 Å². The predicted octanol–water partition coefficient (Wildman–Crippen LogP) is 1.19. The zero-order valence-electron chi connectivity index (χ0n) is 30.3. The average Bonchev–Trinajstić information content (AvgIpc) is 3.74. The Morgan fingerprint density at radius 2 is 1.87 bits per heavy atom. The number of hydrogen-bond acceptors (Lipinski definition) is 12. The van der Waals surface area contributed by atoms with Crippen molar-refractivity contribution in [1.29, 1.82) is 0 Å². The van der Waals surface area contributed by atoms with Gasteiger partial charge in [-0.3, -0.25) is 4.90 Å². The molecule has 5 heterocycles. The third-order valence-corrected chi connectivity index (χ3v) is 9.74. The molecule has 2 fully saturated rings. The van der Waals surface area contributed by atoms with E-state index in [0.717, 1.165) is 37.4 Å². The first-order chi connectivity index (χ1) is 24.4. The number of ether oxygens (including phenoxy) is 2. The molecule has 52 heavy (non-hydrogen) atoms. The van der Waals surface area contributed by atoms with Gasteiger partial charge in [0.05, 0.1) is 37.0 Å². The molecular weight excluding hydrogens is 690 g/mol. The van der Waals surface area contributed by atoms with Gasteiger partial charge in [-0.15, -0.1) is 0 Å². The largest absolute Gasteiger partial charge is 1.00 e. The van der Waals surface area contributed by atoms with Crippen LogP contribution >= 0.6 is 0 Å². The van der Waals surface area contributed by atoms with Crippen molar-refractivity contribution in [2.45, 2.75) is 58.2 Å². The van der Waals surface area contributed by atoms with Crippen molar-refractivity contribution in [2.24, 2.45) is 5.41 Å². The number of imidazole rings is 1. The van der Waals surface area contributed by atoms with Crippen LogP contribution in [0.5, 0.6) is 5.88 Å². The van der Waals surface area contributed by atoms with Gasteiger partial charge in [-0.05, 0) is 45.2 Å². The Hall–Kier alpha value is -3.57. The number of nitrogens with one attached hydrogen (secondary N) is 1. The number of H-pyrrole nitrogens is 1. The number of aliphatic carboxylic acids is 1. The van der Waals surface area contributed by atoms with Crippen LogP contribution in [0.15, 0.2) is 30.6 Å². The van der Waals surface area contributed by atoms with Crippen molar-refractivity contribution in [3.8, 4) is 28.7 Å². The van der Waals surface area contributed by atoms with Crippen LogP contribution in [0, 0.1) is 5.41 Å². The Morgan fingerprint density at radius 1 is 1.10 bits per heavy atom. The molecule has 0 unspecified atom stereocenters. The molecule has 6 rings (SSSR count). The van der Waals surface area contributed by atoms with E-state index in [-0.39, 0.29) is 71.2 Å². The number of aromatic amines is 1. The molecule has 1 saturated heterocycles. The molecule has 0 radical (unpaired) electrons. The summed E-state index contributed by atoms with van der Waals surface area (Å²) >= 11 is 0. The standard InChI is InChI=1S/C35H44F3N9O4.Na/c1-5-51-29-15-23(14-27(42-29)35(36,37)38)24-16-26(45(3)20-34(21-50-4)9-6-7-10-34)31-33(41-24)44-32(43-31)25-17-40-28(18-39-25)47-13-12-46(19-22(47)2)11-8-30(48)49;/h14-18,22H,5-13,19-21H2,1-4H3,(H,48,49)(H,41,43,44);/q;+1/p-1/t22-;/m1./s1. The number of aromatic nitrogens is 6. The molecule has 1 saturated carbocycles. The van der Waals surface area contributed by atoms with Crippen LogP contribution in [0.1, 0.15) is 51.6 Å². The number of alkyl halides is 3. The summed E-state index contributed by atoms with van der Waals surface area (Å²) in [6, 6.07) is 4.30. The topological polar surface area (TPSA) is 149 Å². The third-order valence-electron chi connectivity index (χ3n) is 9.74. The van der Waals surface area contributed by atoms with E-state index in [4.69, 9.17) is 19.4 Å². The number of hydrogen-bond donors (Lipinski definition) is 1. The van der Waals surface area contributed by atoms with Gasteiger partial charge < -0.3 is 34.2 Å². The van der Waals surface area contributed by atoms with E-state index in [1.165, 1.54) is 6.07 Å². The fraction of sp³-hybridized carbons (Fsp3) is 0.543. The summed E-state index contributed by atoms with van der Waals surface area (Å²) in [5, 5.41) is 10.9. The molecule has 2 aliphatic rings. The maximum atomic E-state index is 13.9. The first-order valence-corrected chi connectivity index (χ1v) is 17.2. The minimum absolute atomic E-state index is 0. The minimum Gasteiger partial charge on any atom is -0.550 e. The average molecular weight is 734 g/mol. The number of fused-ring (bicyclic) bond motifs is 1. The monoisotopic (exact) mass is 733 g/mol. The van der Waals surface area contributed by atoms with Crippen LogP contribution < -0.4 is 49.2 Å². The molecule has 0 bridgehead atoms. The second kappa shape index (κ2) is 16.6. The number of pyridine rings is 2. The van der Waals surface area contributed by atoms with E-state index in [0.29, 0.717) is 67.8 Å². The van der Waals surface area contributed by atoms with Gasteiger partial charge in [0, 0.05) is 75.9 Å². The summed E-state index contributed by atoms with van der Waals surface area (Å²) in [5.74, 6) is -0.104. The molecule has 1 N–H and O–H groups in total. The Bertz CT molecular complexity index is 1840. The number of carbonyl (C=O) groups excluding carboxylic acids is 1. The second-order valence-corrected chi connectivity index (χ2v) is 13.5. The van der Waals surface area contributed by atoms with Crippen LogP contribution in [-0.4, -0.2) is 107 Å². The van der Waals surface area contributed by atoms with Gasteiger partial charge in [0.2, 0.25) is 5.88 Å². The SMILES string of the molecule is CCOc1cc(-c2cc(N(C)CC3(COC)CCCC3)c3[nH]c(-c4cnc(N5CCN(CCC(=O)[O-])C[C@H]5C)cn4)nc3n2)cc(C(F)(F)F)n1.[Na+]. The summed E-state index contributed by atoms with van der Waals surface area (Å²) in [6.07, 6.45) is 2.84. The number of carboxylic acids is 1. The minimum atomic E-state index is -4.69. The fourth-order valence-corrected chi connectivity index (χ4v) is 7.35. The van der Waals surface area contributed by atoms with Crippen molar-refractivity contribution in [1.82, 2.24) is 34.8 Å². The maximum absolute atomic E-state index is 13.9. The Kier molecular flexibility index (Phi) is 12.7. The number of piperazine rings is 1. The molecule has 0 spiro atoms. The van der Waals surface area contributed by atoms with Crippen molar-refractivity contribution in [2.75, 3.05) is 69.9 Å². The molecule has 0 aromatic carbocycles. The van der Waals surface area contributed by atoms with Crippen LogP contribution in [0.2, 0.25) is 0 Å². The van der Waals surface area contributed by atoms with Crippen molar-refractivity contribution >= 4 is 28.6 Å². The van der Waals surface area contributed by atoms with Crippen molar-refractivity contribution in [3.05, 3.63) is 36.3 Å². The van der Waals surface area contributed by atoms with E-state index in [1.54, 1.807) is 32.5 Å². The van der Waals surface area contributed by atoms with Gasteiger partial charge in [0.15, 0.2) is 11.5 Å². The Balaban J connectivity index is 0.00000523. The normalized spacial score (nSPS) is 17.7. The zero-order valence-corrected chi connectivity index (χ0v) is 32.3. The number of rotatable bonds is 13. The summed E-state index contributed by atoms with van der Waals surface area (Å²) in [5.41, 5.74) is 1.47. The Labute approximate surface area is 322 Å². The molecule has 17 heteroatoms. The smallest absolute Gasteiger partial charge is 0.550 e. The predicted molar refractivity (Wildman–Crippen MR) is 183 cm³/mol. The van der Waals surface area contributed by atoms with Crippen LogP contribution in [-0.2, 0) is 15.7 Å². The summed E-state index contributed by atoms with van der Waals surface area (Å²) in [7, 11) is 3.66. The first-order valence-electron chi connectivity index (χ1n) is 17.2. The van der Waals surface area contributed by atoms with Gasteiger partial charge in [0.25, 0.3) is 0 Å². The molecule has 0 amide bonds. The molecule has 1 aliphatic carbocycles. The number of halogens is 3. The van der Waals surface area contributed by atoms with E-state index < -0.39 is 17.8 Å². The van der Waals surface area contributed by atoms with Crippen LogP contribution in [0.4, 0.5) is 24.7 Å². The number of carboxylic acid groups (broad SMARTS) is 1. The van der Waals surface area contributed by atoms with E-state index in [1.807, 2.05) is 7.05 Å². The third kappa shape index (κ3) is 8.96. The number of carbonyl (C=O) groups is 1. The zero-order chi connectivity index (χ0) is 36.3. The maximum Gasteiger partial charge on any atom is 1.00 e. The molecular formula is C35H43F3N9NaO4. The van der Waals surface area contributed by atoms with Crippen LogP contribution in [0.25, 0.3) is 33.9 Å². The molecule has 13 nitrogen and oxygen atoms in total. The van der Waals surface area contributed by atoms with E-state index >= 15 is 0 Å². The van der Waals surface area contributed by atoms with E-state index in [9.17, 15) is 23.1 Å². The number of methoxy groups -OCH3 is 1. The van der Waals surface area contributed by atoms with E-state index in [2.05, 4.69) is 41.6 Å². The Morgan fingerprint density at radius 3 is 2.50 bits per heavy atom. The molecule has 1 atom stereocenters. The van der Waals surface area contributed by atoms with Gasteiger partial charge in [-0.1, -0.05) is 12.8 Å². The molecule has 4 aromatic heterocycles. The van der Waals surface area contributed by atoms with Crippen molar-refractivity contribution in [3.63, 3.8) is 0 Å². The molecule has 274 valence electrons. The quantitative estimate of drug-likeness (QED) is 0.197. The van der Waals surface area contributed by atoms with Gasteiger partial charge in [-0.25, -0.2) is 24.9 Å². The summed E-state index contributed by atoms with van der Waals surface area (Å²) in [6.45, 7) is 7.63. The number of anilines is 2. The fourth-order valence-electron chi connectivity index (χ4n) is 7.35. The molecule has 1 aliphatic heterocycles. The van der Waals surface area contributed by atoms with Gasteiger partial charge in [-0.2, -0.15) is 13.2 Å². The summed E-state index contributed by atoms with van der Waals surface area (Å²) < 4.78 is 52.8. The molecule has 4 aromatic rings. The second-order valence-electron chi connectivity index (χ2n) is 13.5. The first kappa shape index (κ1) is 39.6. The van der Waals surface area contributed by atoms with Crippen molar-refractivity contribution < 1.29 is 62.1 Å². The number of nitrogens with zero attached hydrogens (tertiary/aromatic N) is 8. The van der Waals surface area contributed by atoms with Gasteiger partial charge in [0.1, 0.15) is 22.7 Å².